The Balaban J connectivity index is 3.51. The fraction of sp³-hybridized carbons (Fsp3) is 0.909. The summed E-state index contributed by atoms with van der Waals surface area (Å²) in [5.74, 6) is 1.97. The van der Waals surface area contributed by atoms with E-state index in [1.165, 1.54) is 6.42 Å². The third-order valence-corrected chi connectivity index (χ3v) is 2.13. The number of carbonyl (C=O) groups excluding carboxylic acids is 1. The van der Waals surface area contributed by atoms with Gasteiger partial charge in [-0.25, -0.2) is 0 Å². The minimum Gasteiger partial charge on any atom is -0.468 e. The molecule has 0 aromatic carbocycles. The van der Waals surface area contributed by atoms with Gasteiger partial charge >= 0.3 is 0 Å². The van der Waals surface area contributed by atoms with Crippen LogP contribution in [0.2, 0.25) is 0 Å². The summed E-state index contributed by atoms with van der Waals surface area (Å²) < 4.78 is 4.72. The maximum absolute atomic E-state index is 9.95. The molecule has 2 unspecified atom stereocenters. The predicted octanol–water partition coefficient (Wildman–Crippen LogP) is 2.87. The Bertz CT molecular complexity index is 132. The van der Waals surface area contributed by atoms with Crippen molar-refractivity contribution in [1.29, 1.82) is 0 Å². The van der Waals surface area contributed by atoms with Gasteiger partial charge in [-0.3, -0.25) is 4.79 Å². The smallest absolute Gasteiger partial charge is 0.293 e. The van der Waals surface area contributed by atoms with E-state index in [4.69, 9.17) is 4.74 Å². The summed E-state index contributed by atoms with van der Waals surface area (Å²) in [6, 6.07) is 0. The molecule has 2 heteroatoms. The van der Waals surface area contributed by atoms with Gasteiger partial charge in [-0.1, -0.05) is 27.7 Å². The number of hydrogen-bond acceptors (Lipinski definition) is 2. The average Bonchev–Trinajstić information content (AvgIpc) is 1.98. The molecule has 0 heterocycles. The molecule has 0 radical (unpaired) electrons. The molecule has 2 nitrogen and oxygen atoms in total. The Morgan fingerprint density at radius 3 is 2.15 bits per heavy atom. The highest BCUT2D eigenvalue weighted by Crippen LogP contribution is 2.19. The summed E-state index contributed by atoms with van der Waals surface area (Å²) in [6.07, 6.45) is 2.40. The van der Waals surface area contributed by atoms with Crippen LogP contribution in [0, 0.1) is 17.8 Å². The van der Waals surface area contributed by atoms with Crippen molar-refractivity contribution in [2.45, 2.75) is 40.5 Å². The van der Waals surface area contributed by atoms with Crippen LogP contribution in [0.15, 0.2) is 0 Å². The van der Waals surface area contributed by atoms with Crippen LogP contribution in [0.1, 0.15) is 40.5 Å². The second-order valence-electron chi connectivity index (χ2n) is 4.51. The molecule has 0 bridgehead atoms. The first-order chi connectivity index (χ1) is 6.06. The van der Waals surface area contributed by atoms with Gasteiger partial charge in [-0.2, -0.15) is 0 Å². The Kier molecular flexibility index (Phi) is 6.65. The van der Waals surface area contributed by atoms with E-state index in [-0.39, 0.29) is 0 Å². The summed E-state index contributed by atoms with van der Waals surface area (Å²) in [5.41, 5.74) is 0. The van der Waals surface area contributed by atoms with Gasteiger partial charge in [0.25, 0.3) is 6.47 Å². The zero-order valence-corrected chi connectivity index (χ0v) is 9.25. The van der Waals surface area contributed by atoms with Gasteiger partial charge in [-0.05, 0) is 30.6 Å². The molecular weight excluding hydrogens is 164 g/mol. The fourth-order valence-corrected chi connectivity index (χ4v) is 1.86. The van der Waals surface area contributed by atoms with Gasteiger partial charge in [0.15, 0.2) is 0 Å². The lowest BCUT2D eigenvalue weighted by Crippen LogP contribution is -2.11. The highest BCUT2D eigenvalue weighted by molar-refractivity contribution is 5.36. The van der Waals surface area contributed by atoms with Crippen molar-refractivity contribution in [1.82, 2.24) is 0 Å². The van der Waals surface area contributed by atoms with Crippen LogP contribution < -0.4 is 0 Å². The minimum atomic E-state index is 0.485. The zero-order chi connectivity index (χ0) is 10.3. The van der Waals surface area contributed by atoms with Crippen molar-refractivity contribution < 1.29 is 9.53 Å². The highest BCUT2D eigenvalue weighted by atomic mass is 16.5. The molecule has 0 rings (SSSR count). The van der Waals surface area contributed by atoms with Crippen molar-refractivity contribution in [2.75, 3.05) is 6.61 Å². The van der Waals surface area contributed by atoms with E-state index >= 15 is 0 Å². The van der Waals surface area contributed by atoms with E-state index < -0.39 is 0 Å². The monoisotopic (exact) mass is 186 g/mol. The molecular formula is C11H22O2. The third-order valence-electron chi connectivity index (χ3n) is 2.13. The molecule has 0 saturated heterocycles. The van der Waals surface area contributed by atoms with Gasteiger partial charge in [0.05, 0.1) is 6.61 Å². The van der Waals surface area contributed by atoms with Gasteiger partial charge in [0.2, 0.25) is 0 Å². The van der Waals surface area contributed by atoms with E-state index in [0.29, 0.717) is 19.0 Å². The Labute approximate surface area is 81.7 Å². The summed E-state index contributed by atoms with van der Waals surface area (Å²) >= 11 is 0. The van der Waals surface area contributed by atoms with E-state index in [1.54, 1.807) is 0 Å². The molecule has 0 aliphatic carbocycles. The number of carbonyl (C=O) groups is 1. The average molecular weight is 186 g/mol. The zero-order valence-electron chi connectivity index (χ0n) is 9.25. The second kappa shape index (κ2) is 6.93. The standard InChI is InChI=1S/C11H22O2/c1-9(2)5-10(3)6-11(4)7-13-8-12/h8-11H,5-7H2,1-4H3. The van der Waals surface area contributed by atoms with Crippen molar-refractivity contribution in [2.24, 2.45) is 17.8 Å². The predicted molar refractivity (Wildman–Crippen MR) is 54.4 cm³/mol. The quantitative estimate of drug-likeness (QED) is 0.571. The topological polar surface area (TPSA) is 26.3 Å². The molecule has 0 N–H and O–H groups in total. The van der Waals surface area contributed by atoms with Crippen LogP contribution in [-0.4, -0.2) is 13.1 Å². The SMILES string of the molecule is CC(C)CC(C)CC(C)COC=O. The lowest BCUT2D eigenvalue weighted by molar-refractivity contribution is -0.129. The van der Waals surface area contributed by atoms with Crippen LogP contribution in [0.5, 0.6) is 0 Å². The van der Waals surface area contributed by atoms with Crippen molar-refractivity contribution in [3.8, 4) is 0 Å². The Hall–Kier alpha value is -0.530. The Morgan fingerprint density at radius 1 is 1.08 bits per heavy atom. The lowest BCUT2D eigenvalue weighted by Gasteiger charge is -2.17. The molecule has 0 aromatic rings. The van der Waals surface area contributed by atoms with Crippen LogP contribution in [0.3, 0.4) is 0 Å². The summed E-state index contributed by atoms with van der Waals surface area (Å²) in [5, 5.41) is 0. The molecule has 78 valence electrons. The highest BCUT2D eigenvalue weighted by Gasteiger charge is 2.10. The maximum Gasteiger partial charge on any atom is 0.293 e. The van der Waals surface area contributed by atoms with Crippen molar-refractivity contribution in [3.05, 3.63) is 0 Å². The third kappa shape index (κ3) is 7.82. The molecule has 0 aliphatic rings. The summed E-state index contributed by atoms with van der Waals surface area (Å²) in [4.78, 5) is 9.95. The number of rotatable bonds is 7. The van der Waals surface area contributed by atoms with Crippen molar-refractivity contribution in [3.63, 3.8) is 0 Å². The van der Waals surface area contributed by atoms with Gasteiger partial charge in [-0.15, -0.1) is 0 Å². The lowest BCUT2D eigenvalue weighted by atomic mass is 9.91. The van der Waals surface area contributed by atoms with Crippen LogP contribution in [-0.2, 0) is 9.53 Å². The van der Waals surface area contributed by atoms with E-state index in [1.807, 2.05) is 0 Å². The van der Waals surface area contributed by atoms with Gasteiger partial charge in [0, 0.05) is 0 Å². The fourth-order valence-electron chi connectivity index (χ4n) is 1.86. The Morgan fingerprint density at radius 2 is 1.69 bits per heavy atom. The second-order valence-corrected chi connectivity index (χ2v) is 4.51. The first-order valence-electron chi connectivity index (χ1n) is 5.11. The minimum absolute atomic E-state index is 0.485. The van der Waals surface area contributed by atoms with Crippen LogP contribution >= 0.6 is 0 Å². The molecule has 0 saturated carbocycles. The van der Waals surface area contributed by atoms with E-state index in [0.717, 1.165) is 18.3 Å². The molecule has 0 fully saturated rings. The van der Waals surface area contributed by atoms with E-state index in [2.05, 4.69) is 27.7 Å². The molecule has 0 amide bonds. The van der Waals surface area contributed by atoms with E-state index in [9.17, 15) is 4.79 Å². The normalized spacial score (nSPS) is 15.5. The molecule has 2 atom stereocenters. The first-order valence-corrected chi connectivity index (χ1v) is 5.11. The molecule has 0 spiro atoms. The molecule has 0 aliphatic heterocycles. The first kappa shape index (κ1) is 12.5. The van der Waals surface area contributed by atoms with Crippen LogP contribution in [0.25, 0.3) is 0 Å². The van der Waals surface area contributed by atoms with Gasteiger partial charge < -0.3 is 4.74 Å². The van der Waals surface area contributed by atoms with Crippen LogP contribution in [0.4, 0.5) is 0 Å². The largest absolute Gasteiger partial charge is 0.468 e. The molecule has 0 aromatic heterocycles. The summed E-state index contributed by atoms with van der Waals surface area (Å²) in [7, 11) is 0. The molecule has 13 heavy (non-hydrogen) atoms. The number of ether oxygens (including phenoxy) is 1. The van der Waals surface area contributed by atoms with Gasteiger partial charge in [0.1, 0.15) is 0 Å². The maximum atomic E-state index is 9.95. The number of hydrogen-bond donors (Lipinski definition) is 0. The summed E-state index contributed by atoms with van der Waals surface area (Å²) in [6.45, 7) is 9.96. The van der Waals surface area contributed by atoms with Crippen molar-refractivity contribution >= 4 is 6.47 Å².